The van der Waals surface area contributed by atoms with Gasteiger partial charge in [0.2, 0.25) is 11.7 Å². The van der Waals surface area contributed by atoms with Gasteiger partial charge in [-0.25, -0.2) is 0 Å². The molecule has 4 rings (SSSR count). The van der Waals surface area contributed by atoms with Crippen molar-refractivity contribution in [1.29, 1.82) is 0 Å². The first-order valence-corrected chi connectivity index (χ1v) is 9.46. The molecular formula is C21H23N5O3. The molecule has 1 amide bonds. The summed E-state index contributed by atoms with van der Waals surface area (Å²) in [6.45, 7) is 2.72. The van der Waals surface area contributed by atoms with Gasteiger partial charge in [-0.1, -0.05) is 42.0 Å². The molecule has 1 aromatic heterocycles. The van der Waals surface area contributed by atoms with Crippen molar-refractivity contribution in [1.82, 2.24) is 25.1 Å². The maximum absolute atomic E-state index is 12.7. The fraction of sp³-hybridized carbons (Fsp3) is 0.333. The molecule has 150 valence electrons. The summed E-state index contributed by atoms with van der Waals surface area (Å²) in [5.41, 5.74) is 1.70. The molecule has 1 aliphatic rings. The van der Waals surface area contributed by atoms with Crippen LogP contribution in [0.1, 0.15) is 17.5 Å². The van der Waals surface area contributed by atoms with E-state index in [1.54, 1.807) is 12.0 Å². The normalized spacial score (nSPS) is 18.8. The third-order valence-corrected chi connectivity index (χ3v) is 5.25. The van der Waals surface area contributed by atoms with Gasteiger partial charge >= 0.3 is 0 Å². The minimum absolute atomic E-state index is 0.0268. The number of nitrogens with zero attached hydrogens (tertiary/aromatic N) is 5. The third kappa shape index (κ3) is 3.97. The number of tetrazole rings is 1. The van der Waals surface area contributed by atoms with Crippen LogP contribution in [0.15, 0.2) is 48.5 Å². The topological polar surface area (TPSA) is 93.4 Å². The van der Waals surface area contributed by atoms with E-state index in [0.717, 1.165) is 16.7 Å². The number of carbonyl (C=O) groups excluding carboxylic acids is 1. The van der Waals surface area contributed by atoms with Crippen LogP contribution < -0.4 is 4.74 Å². The molecule has 1 unspecified atom stereocenters. The van der Waals surface area contributed by atoms with Crippen LogP contribution in [0.25, 0.3) is 11.4 Å². The Bertz CT molecular complexity index is 1020. The maximum Gasteiger partial charge on any atom is 0.246 e. The predicted octanol–water partition coefficient (Wildman–Crippen LogP) is 1.78. The molecule has 1 fully saturated rings. The minimum Gasteiger partial charge on any atom is -0.497 e. The van der Waals surface area contributed by atoms with Crippen LogP contribution in [-0.4, -0.2) is 56.3 Å². The number of aliphatic hydroxyl groups is 1. The van der Waals surface area contributed by atoms with Gasteiger partial charge < -0.3 is 14.7 Å². The number of benzene rings is 2. The zero-order valence-electron chi connectivity index (χ0n) is 16.4. The average Bonchev–Trinajstić information content (AvgIpc) is 3.36. The van der Waals surface area contributed by atoms with E-state index in [1.807, 2.05) is 55.5 Å². The Kier molecular flexibility index (Phi) is 5.02. The standard InChI is InChI=1S/C21H23N5O3/c1-15-6-8-17(9-7-15)21(28)10-11-25(14-21)19(27)13-26-23-20(22-24-26)16-4-3-5-18(12-16)29-2/h3-9,12,28H,10-11,13-14H2,1-2H3. The number of methoxy groups -OCH3 is 1. The van der Waals surface area contributed by atoms with Crippen molar-refractivity contribution in [3.05, 3.63) is 59.7 Å². The number of aromatic nitrogens is 4. The van der Waals surface area contributed by atoms with E-state index in [1.165, 1.54) is 4.80 Å². The van der Waals surface area contributed by atoms with Crippen molar-refractivity contribution in [3.63, 3.8) is 0 Å². The Hall–Kier alpha value is -3.26. The second-order valence-electron chi connectivity index (χ2n) is 7.34. The van der Waals surface area contributed by atoms with Gasteiger partial charge in [-0.15, -0.1) is 10.2 Å². The molecule has 1 aliphatic heterocycles. The molecule has 0 saturated carbocycles. The number of ether oxygens (including phenoxy) is 1. The summed E-state index contributed by atoms with van der Waals surface area (Å²) in [6.07, 6.45) is 0.502. The van der Waals surface area contributed by atoms with Crippen LogP contribution in [0.3, 0.4) is 0 Å². The van der Waals surface area contributed by atoms with E-state index < -0.39 is 5.60 Å². The summed E-state index contributed by atoms with van der Waals surface area (Å²) in [7, 11) is 1.59. The fourth-order valence-corrected chi connectivity index (χ4v) is 3.51. The molecule has 0 aliphatic carbocycles. The zero-order chi connectivity index (χ0) is 20.4. The van der Waals surface area contributed by atoms with Crippen molar-refractivity contribution in [3.8, 4) is 17.1 Å². The highest BCUT2D eigenvalue weighted by Crippen LogP contribution is 2.32. The first kappa shape index (κ1) is 19.1. The fourth-order valence-electron chi connectivity index (χ4n) is 3.51. The summed E-state index contributed by atoms with van der Waals surface area (Å²) in [4.78, 5) is 15.6. The molecule has 29 heavy (non-hydrogen) atoms. The lowest BCUT2D eigenvalue weighted by Crippen LogP contribution is -2.36. The molecule has 8 nitrogen and oxygen atoms in total. The summed E-state index contributed by atoms with van der Waals surface area (Å²) in [5.74, 6) is 0.972. The third-order valence-electron chi connectivity index (χ3n) is 5.25. The molecule has 0 spiro atoms. The van der Waals surface area contributed by atoms with Crippen LogP contribution in [-0.2, 0) is 16.9 Å². The van der Waals surface area contributed by atoms with Crippen LogP contribution in [0, 0.1) is 6.92 Å². The molecule has 0 radical (unpaired) electrons. The van der Waals surface area contributed by atoms with Gasteiger partial charge in [0, 0.05) is 12.1 Å². The number of amides is 1. The lowest BCUT2D eigenvalue weighted by molar-refractivity contribution is -0.132. The van der Waals surface area contributed by atoms with E-state index in [2.05, 4.69) is 15.4 Å². The monoisotopic (exact) mass is 393 g/mol. The Labute approximate surface area is 168 Å². The van der Waals surface area contributed by atoms with Gasteiger partial charge in [-0.2, -0.15) is 4.80 Å². The van der Waals surface area contributed by atoms with Crippen molar-refractivity contribution < 1.29 is 14.6 Å². The molecule has 2 heterocycles. The zero-order valence-corrected chi connectivity index (χ0v) is 16.4. The van der Waals surface area contributed by atoms with Crippen LogP contribution in [0.4, 0.5) is 0 Å². The average molecular weight is 393 g/mol. The van der Waals surface area contributed by atoms with Gasteiger partial charge in [0.1, 0.15) is 17.9 Å². The van der Waals surface area contributed by atoms with E-state index in [-0.39, 0.29) is 19.0 Å². The second kappa shape index (κ2) is 7.63. The quantitative estimate of drug-likeness (QED) is 0.710. The van der Waals surface area contributed by atoms with Crippen molar-refractivity contribution >= 4 is 5.91 Å². The van der Waals surface area contributed by atoms with Gasteiger partial charge in [-0.05, 0) is 36.3 Å². The van der Waals surface area contributed by atoms with Gasteiger partial charge in [0.15, 0.2) is 0 Å². The predicted molar refractivity (Wildman–Crippen MR) is 106 cm³/mol. The highest BCUT2D eigenvalue weighted by atomic mass is 16.5. The maximum atomic E-state index is 12.7. The van der Waals surface area contributed by atoms with Crippen LogP contribution in [0.2, 0.25) is 0 Å². The van der Waals surface area contributed by atoms with Crippen molar-refractivity contribution in [2.45, 2.75) is 25.5 Å². The number of rotatable bonds is 5. The largest absolute Gasteiger partial charge is 0.497 e. The lowest BCUT2D eigenvalue weighted by atomic mass is 9.92. The Morgan fingerprint density at radius 3 is 2.79 bits per heavy atom. The highest BCUT2D eigenvalue weighted by Gasteiger charge is 2.39. The molecular weight excluding hydrogens is 370 g/mol. The molecule has 1 saturated heterocycles. The second-order valence-corrected chi connectivity index (χ2v) is 7.34. The van der Waals surface area contributed by atoms with Crippen molar-refractivity contribution in [2.24, 2.45) is 0 Å². The number of hydrogen-bond donors (Lipinski definition) is 1. The van der Waals surface area contributed by atoms with Crippen LogP contribution in [0.5, 0.6) is 5.75 Å². The minimum atomic E-state index is -1.02. The van der Waals surface area contributed by atoms with E-state index in [0.29, 0.717) is 24.5 Å². The highest BCUT2D eigenvalue weighted by molar-refractivity contribution is 5.76. The molecule has 0 bridgehead atoms. The molecule has 2 aromatic carbocycles. The summed E-state index contributed by atoms with van der Waals surface area (Å²) >= 11 is 0. The van der Waals surface area contributed by atoms with Crippen LogP contribution >= 0.6 is 0 Å². The summed E-state index contributed by atoms with van der Waals surface area (Å²) in [5, 5.41) is 23.3. The summed E-state index contributed by atoms with van der Waals surface area (Å²) in [6, 6.07) is 15.1. The SMILES string of the molecule is COc1cccc(-c2nnn(CC(=O)N3CCC(O)(c4ccc(C)cc4)C3)n2)c1. The Morgan fingerprint density at radius 1 is 1.24 bits per heavy atom. The molecule has 8 heteroatoms. The molecule has 3 aromatic rings. The molecule has 1 atom stereocenters. The Morgan fingerprint density at radius 2 is 2.03 bits per heavy atom. The molecule has 1 N–H and O–H groups in total. The lowest BCUT2D eigenvalue weighted by Gasteiger charge is -2.24. The van der Waals surface area contributed by atoms with Gasteiger partial charge in [0.25, 0.3) is 0 Å². The summed E-state index contributed by atoms with van der Waals surface area (Å²) < 4.78 is 5.21. The van der Waals surface area contributed by atoms with E-state index in [9.17, 15) is 9.90 Å². The number of aryl methyl sites for hydroxylation is 1. The van der Waals surface area contributed by atoms with Gasteiger partial charge in [-0.3, -0.25) is 4.79 Å². The Balaban J connectivity index is 1.42. The first-order valence-electron chi connectivity index (χ1n) is 9.46. The van der Waals surface area contributed by atoms with E-state index >= 15 is 0 Å². The van der Waals surface area contributed by atoms with E-state index in [4.69, 9.17) is 4.74 Å². The number of hydrogen-bond acceptors (Lipinski definition) is 6. The first-order chi connectivity index (χ1) is 14.0. The van der Waals surface area contributed by atoms with Gasteiger partial charge in [0.05, 0.1) is 13.7 Å². The smallest absolute Gasteiger partial charge is 0.246 e. The van der Waals surface area contributed by atoms with Crippen molar-refractivity contribution in [2.75, 3.05) is 20.2 Å². The number of likely N-dealkylation sites (tertiary alicyclic amines) is 1. The number of β-amino-alcohol motifs (C(OH)–C–C–N with tert-alkyl or cyclic N) is 1. The number of carbonyl (C=O) groups is 1.